The van der Waals surface area contributed by atoms with Crippen LogP contribution < -0.4 is 0 Å². The Morgan fingerprint density at radius 1 is 1.36 bits per heavy atom. The number of rotatable bonds is 1. The van der Waals surface area contributed by atoms with Crippen LogP contribution in [0.15, 0.2) is 30.7 Å². The second-order valence-corrected chi connectivity index (χ2v) is 3.99. The van der Waals surface area contributed by atoms with Gasteiger partial charge in [0.15, 0.2) is 0 Å². The predicted molar refractivity (Wildman–Crippen MR) is 52.9 cm³/mol. The average molecular weight is 188 g/mol. The Morgan fingerprint density at radius 3 is 2.93 bits per heavy atom. The minimum atomic E-state index is -0.576. The molecule has 1 fully saturated rings. The van der Waals surface area contributed by atoms with E-state index in [1.54, 1.807) is 6.20 Å². The molecule has 2 aromatic heterocycles. The number of hydrogen-bond donors (Lipinski definition) is 1. The zero-order valence-electron chi connectivity index (χ0n) is 7.85. The van der Waals surface area contributed by atoms with Gasteiger partial charge in [0.2, 0.25) is 0 Å². The lowest BCUT2D eigenvalue weighted by molar-refractivity contribution is -0.0387. The zero-order valence-corrected chi connectivity index (χ0v) is 7.85. The van der Waals surface area contributed by atoms with Gasteiger partial charge in [0.1, 0.15) is 5.65 Å². The molecule has 0 radical (unpaired) electrons. The molecule has 1 saturated carbocycles. The summed E-state index contributed by atoms with van der Waals surface area (Å²) in [6, 6.07) is 3.95. The van der Waals surface area contributed by atoms with Crippen molar-refractivity contribution in [2.24, 2.45) is 0 Å². The summed E-state index contributed by atoms with van der Waals surface area (Å²) >= 11 is 0. The SMILES string of the molecule is OC1(c2ccn3ccnc3c2)CCC1. The average Bonchev–Trinajstić information content (AvgIpc) is 2.60. The highest BCUT2D eigenvalue weighted by molar-refractivity contribution is 5.43. The highest BCUT2D eigenvalue weighted by atomic mass is 16.3. The molecule has 2 aromatic rings. The smallest absolute Gasteiger partial charge is 0.137 e. The van der Waals surface area contributed by atoms with Crippen LogP contribution in [0.25, 0.3) is 5.65 Å². The minimum Gasteiger partial charge on any atom is -0.385 e. The van der Waals surface area contributed by atoms with E-state index in [0.717, 1.165) is 30.5 Å². The monoisotopic (exact) mass is 188 g/mol. The summed E-state index contributed by atoms with van der Waals surface area (Å²) in [6.45, 7) is 0. The predicted octanol–water partition coefficient (Wildman–Crippen LogP) is 1.71. The van der Waals surface area contributed by atoms with Crippen molar-refractivity contribution in [1.29, 1.82) is 0 Å². The Morgan fingerprint density at radius 2 is 2.21 bits per heavy atom. The molecule has 0 amide bonds. The van der Waals surface area contributed by atoms with Gasteiger partial charge in [-0.15, -0.1) is 0 Å². The topological polar surface area (TPSA) is 37.5 Å². The third-order valence-corrected chi connectivity index (χ3v) is 3.12. The normalized spacial score (nSPS) is 19.5. The lowest BCUT2D eigenvalue weighted by atomic mass is 9.75. The van der Waals surface area contributed by atoms with Crippen molar-refractivity contribution < 1.29 is 5.11 Å². The molecular formula is C11H12N2O. The summed E-state index contributed by atoms with van der Waals surface area (Å²) in [7, 11) is 0. The van der Waals surface area contributed by atoms with Crippen molar-refractivity contribution in [3.8, 4) is 0 Å². The second kappa shape index (κ2) is 2.58. The van der Waals surface area contributed by atoms with Crippen molar-refractivity contribution in [3.63, 3.8) is 0 Å². The third kappa shape index (κ3) is 0.990. The fourth-order valence-electron chi connectivity index (χ4n) is 2.00. The molecule has 2 heterocycles. The Hall–Kier alpha value is -1.35. The number of fused-ring (bicyclic) bond motifs is 1. The van der Waals surface area contributed by atoms with Crippen molar-refractivity contribution >= 4 is 5.65 Å². The van der Waals surface area contributed by atoms with Gasteiger partial charge in [-0.05, 0) is 37.0 Å². The van der Waals surface area contributed by atoms with Gasteiger partial charge >= 0.3 is 0 Å². The van der Waals surface area contributed by atoms with Crippen LogP contribution in [0.4, 0.5) is 0 Å². The van der Waals surface area contributed by atoms with Crippen molar-refractivity contribution in [2.45, 2.75) is 24.9 Å². The van der Waals surface area contributed by atoms with E-state index in [1.165, 1.54) is 0 Å². The molecule has 1 N–H and O–H groups in total. The molecular weight excluding hydrogens is 176 g/mol. The minimum absolute atomic E-state index is 0.576. The quantitative estimate of drug-likeness (QED) is 0.739. The molecule has 72 valence electrons. The molecule has 0 saturated heterocycles. The molecule has 0 spiro atoms. The number of nitrogens with zero attached hydrogens (tertiary/aromatic N) is 2. The molecule has 0 aromatic carbocycles. The molecule has 0 atom stereocenters. The van der Waals surface area contributed by atoms with Gasteiger partial charge in [-0.2, -0.15) is 0 Å². The third-order valence-electron chi connectivity index (χ3n) is 3.12. The Kier molecular flexibility index (Phi) is 1.47. The Labute approximate surface area is 82.0 Å². The fraction of sp³-hybridized carbons (Fsp3) is 0.364. The first kappa shape index (κ1) is 8.00. The molecule has 0 bridgehead atoms. The van der Waals surface area contributed by atoms with Crippen molar-refractivity contribution in [2.75, 3.05) is 0 Å². The fourth-order valence-corrected chi connectivity index (χ4v) is 2.00. The zero-order chi connectivity index (χ0) is 9.60. The van der Waals surface area contributed by atoms with Gasteiger partial charge in [0.25, 0.3) is 0 Å². The van der Waals surface area contributed by atoms with Gasteiger partial charge in [-0.25, -0.2) is 4.98 Å². The maximum atomic E-state index is 10.1. The standard InChI is InChI=1S/C11H12N2O/c14-11(3-1-4-11)9-2-6-13-7-5-12-10(13)8-9/h2,5-8,14H,1,3-4H2. The highest BCUT2D eigenvalue weighted by Gasteiger charge is 2.36. The number of aromatic nitrogens is 2. The highest BCUT2D eigenvalue weighted by Crippen LogP contribution is 2.40. The summed E-state index contributed by atoms with van der Waals surface area (Å²) in [5.74, 6) is 0. The summed E-state index contributed by atoms with van der Waals surface area (Å²) in [5, 5.41) is 10.1. The maximum absolute atomic E-state index is 10.1. The van der Waals surface area contributed by atoms with Crippen LogP contribution in [0, 0.1) is 0 Å². The molecule has 0 aliphatic heterocycles. The van der Waals surface area contributed by atoms with Crippen molar-refractivity contribution in [1.82, 2.24) is 9.38 Å². The van der Waals surface area contributed by atoms with Gasteiger partial charge in [0.05, 0.1) is 5.60 Å². The molecule has 14 heavy (non-hydrogen) atoms. The number of hydrogen-bond acceptors (Lipinski definition) is 2. The van der Waals surface area contributed by atoms with Crippen LogP contribution in [0.1, 0.15) is 24.8 Å². The number of aliphatic hydroxyl groups is 1. The van der Waals surface area contributed by atoms with E-state index < -0.39 is 5.60 Å². The Bertz CT molecular complexity index is 471. The van der Waals surface area contributed by atoms with Crippen molar-refractivity contribution in [3.05, 3.63) is 36.3 Å². The molecule has 3 nitrogen and oxygen atoms in total. The molecule has 1 aliphatic rings. The van der Waals surface area contributed by atoms with E-state index in [4.69, 9.17) is 0 Å². The van der Waals surface area contributed by atoms with E-state index in [0.29, 0.717) is 0 Å². The summed E-state index contributed by atoms with van der Waals surface area (Å²) in [5.41, 5.74) is 1.33. The van der Waals surface area contributed by atoms with E-state index in [-0.39, 0.29) is 0 Å². The van der Waals surface area contributed by atoms with Crippen LogP contribution in [0.2, 0.25) is 0 Å². The maximum Gasteiger partial charge on any atom is 0.137 e. The van der Waals surface area contributed by atoms with Gasteiger partial charge in [0, 0.05) is 18.6 Å². The molecule has 0 unspecified atom stereocenters. The molecule has 1 aliphatic carbocycles. The first-order chi connectivity index (χ1) is 6.78. The van der Waals surface area contributed by atoms with E-state index in [9.17, 15) is 5.11 Å². The van der Waals surface area contributed by atoms with E-state index >= 15 is 0 Å². The molecule has 3 heteroatoms. The number of imidazole rings is 1. The Balaban J connectivity index is 2.13. The summed E-state index contributed by atoms with van der Waals surface area (Å²) < 4.78 is 1.95. The van der Waals surface area contributed by atoms with Crippen LogP contribution in [0.5, 0.6) is 0 Å². The van der Waals surface area contributed by atoms with E-state index in [1.807, 2.05) is 28.9 Å². The van der Waals surface area contributed by atoms with Gasteiger partial charge < -0.3 is 9.51 Å². The van der Waals surface area contributed by atoms with Gasteiger partial charge in [-0.1, -0.05) is 0 Å². The van der Waals surface area contributed by atoms with Crippen LogP contribution in [0.3, 0.4) is 0 Å². The van der Waals surface area contributed by atoms with E-state index in [2.05, 4.69) is 4.98 Å². The van der Waals surface area contributed by atoms with Gasteiger partial charge in [-0.3, -0.25) is 0 Å². The summed E-state index contributed by atoms with van der Waals surface area (Å²) in [4.78, 5) is 4.20. The van der Waals surface area contributed by atoms with Crippen LogP contribution in [-0.2, 0) is 5.60 Å². The second-order valence-electron chi connectivity index (χ2n) is 3.99. The summed E-state index contributed by atoms with van der Waals surface area (Å²) in [6.07, 6.45) is 8.51. The lowest BCUT2D eigenvalue weighted by Gasteiger charge is -2.36. The first-order valence-corrected chi connectivity index (χ1v) is 4.94. The largest absolute Gasteiger partial charge is 0.385 e. The van der Waals surface area contributed by atoms with Crippen LogP contribution in [-0.4, -0.2) is 14.5 Å². The van der Waals surface area contributed by atoms with Crippen LogP contribution >= 0.6 is 0 Å². The molecule has 3 rings (SSSR count). The number of pyridine rings is 1. The lowest BCUT2D eigenvalue weighted by Crippen LogP contribution is -2.33. The first-order valence-electron chi connectivity index (χ1n) is 4.94.